The Kier molecular flexibility index (Phi) is 6.76. The van der Waals surface area contributed by atoms with Gasteiger partial charge in [-0.2, -0.15) is 0 Å². The van der Waals surface area contributed by atoms with Gasteiger partial charge in [0.25, 0.3) is 0 Å². The Labute approximate surface area is 222 Å². The largest absolute Gasteiger partial charge is 0.490 e. The highest BCUT2D eigenvalue weighted by Gasteiger charge is 2.35. The molecule has 1 aromatic carbocycles. The molecule has 0 amide bonds. The first kappa shape index (κ1) is 26.6. The van der Waals surface area contributed by atoms with Gasteiger partial charge < -0.3 is 23.9 Å². The molecule has 4 heterocycles. The van der Waals surface area contributed by atoms with E-state index in [0.717, 1.165) is 52.9 Å². The minimum atomic E-state index is -1.28. The van der Waals surface area contributed by atoms with Crippen molar-refractivity contribution in [3.63, 3.8) is 0 Å². The number of aryl methyl sites for hydroxylation is 2. The molecule has 3 aromatic rings. The van der Waals surface area contributed by atoms with E-state index in [-0.39, 0.29) is 6.10 Å². The van der Waals surface area contributed by atoms with Crippen LogP contribution in [0.1, 0.15) is 73.4 Å². The van der Waals surface area contributed by atoms with E-state index in [1.54, 1.807) is 0 Å². The second-order valence-electron chi connectivity index (χ2n) is 11.5. The van der Waals surface area contributed by atoms with Crippen molar-refractivity contribution in [2.24, 2.45) is 0 Å². The maximum Gasteiger partial charge on any atom is 0.337 e. The second-order valence-corrected chi connectivity index (χ2v) is 11.5. The van der Waals surface area contributed by atoms with Gasteiger partial charge in [-0.3, -0.25) is 0 Å². The molecule has 0 aliphatic carbocycles. The molecule has 2 atom stereocenters. The number of aliphatic carboxylic acids is 1. The summed E-state index contributed by atoms with van der Waals surface area (Å²) >= 11 is 0. The van der Waals surface area contributed by atoms with Crippen molar-refractivity contribution >= 4 is 17.0 Å². The van der Waals surface area contributed by atoms with Crippen LogP contribution in [0.25, 0.3) is 22.2 Å². The van der Waals surface area contributed by atoms with Gasteiger partial charge in [-0.15, -0.1) is 0 Å². The van der Waals surface area contributed by atoms with Crippen molar-refractivity contribution in [3.05, 3.63) is 45.5 Å². The van der Waals surface area contributed by atoms with Gasteiger partial charge >= 0.3 is 5.97 Å². The number of carboxylic acids is 1. The van der Waals surface area contributed by atoms with Crippen molar-refractivity contribution < 1.29 is 28.5 Å². The van der Waals surface area contributed by atoms with Crippen LogP contribution in [-0.4, -0.2) is 45.5 Å². The number of pyridine rings is 1. The standard InChI is InChI=1S/C30H37FN2O5/c1-15-18(4)33(14-19-10-12-36-19)28-23(15)25(21-13-22(31)26-20(16(21)2)9-8-11-37-26)24(17(3)32-28)27(29(34)35)38-30(5,6)7/h13,19,27H,8-12,14H2,1-7H3,(H,34,35)/t19?,27-/m0/s1. The molecule has 8 heteroatoms. The van der Waals surface area contributed by atoms with Gasteiger partial charge in [0, 0.05) is 40.1 Å². The predicted molar refractivity (Wildman–Crippen MR) is 143 cm³/mol. The number of ether oxygens (including phenoxy) is 3. The fourth-order valence-electron chi connectivity index (χ4n) is 5.76. The van der Waals surface area contributed by atoms with E-state index in [1.165, 1.54) is 6.07 Å². The molecule has 204 valence electrons. The Bertz CT molecular complexity index is 1430. The highest BCUT2D eigenvalue weighted by atomic mass is 19.1. The minimum absolute atomic E-state index is 0.116. The van der Waals surface area contributed by atoms with E-state index >= 15 is 4.39 Å². The molecule has 1 N–H and O–H groups in total. The molecule has 1 fully saturated rings. The molecule has 0 radical (unpaired) electrons. The zero-order chi connectivity index (χ0) is 27.5. The fraction of sp³-hybridized carbons (Fsp3) is 0.533. The van der Waals surface area contributed by atoms with Crippen molar-refractivity contribution in [1.82, 2.24) is 9.55 Å². The summed E-state index contributed by atoms with van der Waals surface area (Å²) in [6, 6.07) is 1.49. The first-order chi connectivity index (χ1) is 17.9. The molecule has 5 rings (SSSR count). The average molecular weight is 525 g/mol. The molecule has 2 aliphatic rings. The first-order valence-corrected chi connectivity index (χ1v) is 13.4. The van der Waals surface area contributed by atoms with E-state index in [9.17, 15) is 9.90 Å². The highest BCUT2D eigenvalue weighted by molar-refractivity contribution is 6.01. The van der Waals surface area contributed by atoms with Crippen molar-refractivity contribution in [3.8, 4) is 16.9 Å². The fourth-order valence-corrected chi connectivity index (χ4v) is 5.76. The summed E-state index contributed by atoms with van der Waals surface area (Å²) in [7, 11) is 0. The summed E-state index contributed by atoms with van der Waals surface area (Å²) in [6.45, 7) is 15.2. The Morgan fingerprint density at radius 3 is 2.55 bits per heavy atom. The third-order valence-electron chi connectivity index (χ3n) is 7.83. The van der Waals surface area contributed by atoms with Crippen molar-refractivity contribution in [2.45, 2.75) is 92.1 Å². The zero-order valence-corrected chi connectivity index (χ0v) is 23.3. The molecule has 2 aliphatic heterocycles. The van der Waals surface area contributed by atoms with Crippen LogP contribution in [0, 0.1) is 33.5 Å². The summed E-state index contributed by atoms with van der Waals surface area (Å²) in [5, 5.41) is 11.2. The Morgan fingerprint density at radius 2 is 1.95 bits per heavy atom. The first-order valence-electron chi connectivity index (χ1n) is 13.4. The number of carbonyl (C=O) groups is 1. The van der Waals surface area contributed by atoms with E-state index in [2.05, 4.69) is 4.57 Å². The monoisotopic (exact) mass is 524 g/mol. The predicted octanol–water partition coefficient (Wildman–Crippen LogP) is 6.13. The number of benzene rings is 1. The maximum absolute atomic E-state index is 15.6. The molecule has 7 nitrogen and oxygen atoms in total. The number of hydrogen-bond acceptors (Lipinski definition) is 5. The van der Waals surface area contributed by atoms with E-state index < -0.39 is 23.5 Å². The number of nitrogens with zero attached hydrogens (tertiary/aromatic N) is 2. The molecule has 38 heavy (non-hydrogen) atoms. The van der Waals surface area contributed by atoms with Gasteiger partial charge in [-0.1, -0.05) is 0 Å². The lowest BCUT2D eigenvalue weighted by atomic mass is 9.86. The van der Waals surface area contributed by atoms with Crippen molar-refractivity contribution in [2.75, 3.05) is 13.2 Å². The number of carboxylic acid groups (broad SMARTS) is 1. The number of aromatic nitrogens is 2. The number of halogens is 1. The molecular weight excluding hydrogens is 487 g/mol. The molecule has 1 saturated heterocycles. The SMILES string of the molecule is Cc1nc2c(c(C)c(C)n2CC2CCO2)c(-c2cc(F)c3c(c2C)CCCO3)c1[C@H](OC(C)(C)C)C(=O)O. The van der Waals surface area contributed by atoms with Crippen LogP contribution in [0.15, 0.2) is 6.07 Å². The summed E-state index contributed by atoms with van der Waals surface area (Å²) in [5.74, 6) is -1.25. The lowest BCUT2D eigenvalue weighted by molar-refractivity contribution is -0.160. The molecule has 1 unspecified atom stereocenters. The normalized spacial score (nSPS) is 18.2. The topological polar surface area (TPSA) is 82.8 Å². The van der Waals surface area contributed by atoms with Crippen LogP contribution in [0.4, 0.5) is 4.39 Å². The molecule has 0 bridgehead atoms. The van der Waals surface area contributed by atoms with E-state index in [4.69, 9.17) is 19.2 Å². The third-order valence-corrected chi connectivity index (χ3v) is 7.83. The number of rotatable bonds is 6. The Morgan fingerprint density at radius 1 is 1.24 bits per heavy atom. The molecular formula is C30H37FN2O5. The van der Waals surface area contributed by atoms with Gasteiger partial charge in [0.05, 0.1) is 24.9 Å². The minimum Gasteiger partial charge on any atom is -0.490 e. The number of hydrogen-bond donors (Lipinski definition) is 1. The van der Waals surface area contributed by atoms with E-state index in [0.29, 0.717) is 47.7 Å². The van der Waals surface area contributed by atoms with Gasteiger partial charge in [-0.05, 0) is 90.5 Å². The van der Waals surface area contributed by atoms with Crippen LogP contribution in [0.3, 0.4) is 0 Å². The summed E-state index contributed by atoms with van der Waals surface area (Å²) in [4.78, 5) is 17.7. The van der Waals surface area contributed by atoms with Gasteiger partial charge in [0.1, 0.15) is 5.65 Å². The maximum atomic E-state index is 15.6. The van der Waals surface area contributed by atoms with Crippen LogP contribution < -0.4 is 4.74 Å². The van der Waals surface area contributed by atoms with Crippen molar-refractivity contribution in [1.29, 1.82) is 0 Å². The third kappa shape index (κ3) is 4.47. The van der Waals surface area contributed by atoms with Crippen LogP contribution in [0.2, 0.25) is 0 Å². The van der Waals surface area contributed by atoms with E-state index in [1.807, 2.05) is 48.5 Å². The summed E-state index contributed by atoms with van der Waals surface area (Å²) < 4.78 is 35.3. The van der Waals surface area contributed by atoms with Gasteiger partial charge in [0.15, 0.2) is 17.7 Å². The summed E-state index contributed by atoms with van der Waals surface area (Å²) in [5.41, 5.74) is 6.08. The van der Waals surface area contributed by atoms with Crippen LogP contribution >= 0.6 is 0 Å². The number of fused-ring (bicyclic) bond motifs is 2. The zero-order valence-electron chi connectivity index (χ0n) is 23.3. The lowest BCUT2D eigenvalue weighted by Gasteiger charge is -2.29. The van der Waals surface area contributed by atoms with Crippen LogP contribution in [0.5, 0.6) is 5.75 Å². The Balaban J connectivity index is 1.88. The molecule has 0 saturated carbocycles. The lowest BCUT2D eigenvalue weighted by Crippen LogP contribution is -2.31. The summed E-state index contributed by atoms with van der Waals surface area (Å²) in [6.07, 6.45) is 1.32. The molecule has 2 aromatic heterocycles. The smallest absolute Gasteiger partial charge is 0.337 e. The second kappa shape index (κ2) is 9.65. The van der Waals surface area contributed by atoms with Crippen LogP contribution in [-0.2, 0) is 27.2 Å². The molecule has 0 spiro atoms. The average Bonchev–Trinajstić information content (AvgIpc) is 3.05. The quantitative estimate of drug-likeness (QED) is 0.418. The van der Waals surface area contributed by atoms with Gasteiger partial charge in [-0.25, -0.2) is 14.2 Å². The Hall–Kier alpha value is -2.97. The van der Waals surface area contributed by atoms with Gasteiger partial charge in [0.2, 0.25) is 0 Å². The highest BCUT2D eigenvalue weighted by Crippen LogP contribution is 2.46.